The van der Waals surface area contributed by atoms with Crippen molar-refractivity contribution in [2.75, 3.05) is 13.1 Å². The number of aryl methyl sites for hydroxylation is 1. The van der Waals surface area contributed by atoms with Gasteiger partial charge in [-0.3, -0.25) is 0 Å². The summed E-state index contributed by atoms with van der Waals surface area (Å²) in [6.45, 7) is 5.94. The van der Waals surface area contributed by atoms with Crippen LogP contribution in [0, 0.1) is 12.7 Å². The normalized spacial score (nSPS) is 12.4. The maximum atomic E-state index is 13.6. The molecule has 0 saturated carbocycles. The van der Waals surface area contributed by atoms with E-state index in [-0.39, 0.29) is 16.8 Å². The Bertz CT molecular complexity index is 598. The van der Waals surface area contributed by atoms with Gasteiger partial charge < -0.3 is 5.32 Å². The maximum Gasteiger partial charge on any atom is 0.142 e. The van der Waals surface area contributed by atoms with E-state index in [4.69, 9.17) is 11.6 Å². The van der Waals surface area contributed by atoms with Gasteiger partial charge in [-0.15, -0.1) is 0 Å². The Labute approximate surface area is 131 Å². The van der Waals surface area contributed by atoms with Gasteiger partial charge >= 0.3 is 0 Å². The molecule has 2 aromatic carbocycles. The summed E-state index contributed by atoms with van der Waals surface area (Å²) in [5.41, 5.74) is 3.36. The molecule has 2 rings (SSSR count). The molecule has 0 aromatic heterocycles. The summed E-state index contributed by atoms with van der Waals surface area (Å²) < 4.78 is 13.6. The Morgan fingerprint density at radius 2 is 1.95 bits per heavy atom. The minimum absolute atomic E-state index is 0.242. The molecule has 0 saturated heterocycles. The van der Waals surface area contributed by atoms with Gasteiger partial charge in [0.15, 0.2) is 0 Å². The predicted molar refractivity (Wildman–Crippen MR) is 87.6 cm³/mol. The third-order valence-corrected chi connectivity index (χ3v) is 4.08. The largest absolute Gasteiger partial charge is 0.316 e. The molecule has 0 aliphatic rings. The third-order valence-electron chi connectivity index (χ3n) is 3.65. The van der Waals surface area contributed by atoms with Crippen LogP contribution < -0.4 is 5.32 Å². The van der Waals surface area contributed by atoms with Gasteiger partial charge in [-0.1, -0.05) is 60.5 Å². The molecule has 1 unspecified atom stereocenters. The highest BCUT2D eigenvalue weighted by molar-refractivity contribution is 6.31. The second kappa shape index (κ2) is 7.58. The topological polar surface area (TPSA) is 12.0 Å². The van der Waals surface area contributed by atoms with Gasteiger partial charge in [0.05, 0.1) is 5.02 Å². The average Bonchev–Trinajstić information content (AvgIpc) is 2.47. The van der Waals surface area contributed by atoms with Gasteiger partial charge in [-0.2, -0.15) is 0 Å². The first-order valence-electron chi connectivity index (χ1n) is 7.32. The summed E-state index contributed by atoms with van der Waals surface area (Å²) in [4.78, 5) is 0. The van der Waals surface area contributed by atoms with Crippen molar-refractivity contribution in [1.29, 1.82) is 0 Å². The molecule has 1 nitrogen and oxygen atoms in total. The molecule has 1 N–H and O–H groups in total. The van der Waals surface area contributed by atoms with Crippen LogP contribution in [0.5, 0.6) is 0 Å². The van der Waals surface area contributed by atoms with Gasteiger partial charge in [-0.25, -0.2) is 4.39 Å². The highest BCUT2D eigenvalue weighted by atomic mass is 35.5. The Balaban J connectivity index is 2.26. The zero-order valence-corrected chi connectivity index (χ0v) is 13.3. The summed E-state index contributed by atoms with van der Waals surface area (Å²) in [6.07, 6.45) is 0.729. The van der Waals surface area contributed by atoms with Crippen molar-refractivity contribution >= 4 is 11.6 Å². The van der Waals surface area contributed by atoms with E-state index < -0.39 is 0 Å². The quantitative estimate of drug-likeness (QED) is 0.814. The van der Waals surface area contributed by atoms with Crippen LogP contribution in [0.2, 0.25) is 5.02 Å². The smallest absolute Gasteiger partial charge is 0.142 e. The fourth-order valence-electron chi connectivity index (χ4n) is 2.52. The molecular weight excluding hydrogens is 285 g/mol. The van der Waals surface area contributed by atoms with Crippen molar-refractivity contribution < 1.29 is 4.39 Å². The van der Waals surface area contributed by atoms with E-state index in [9.17, 15) is 4.39 Å². The first-order chi connectivity index (χ1) is 10.1. The summed E-state index contributed by atoms with van der Waals surface area (Å²) in [6, 6.07) is 13.5. The van der Waals surface area contributed by atoms with Gasteiger partial charge in [0, 0.05) is 12.5 Å². The van der Waals surface area contributed by atoms with E-state index in [0.717, 1.165) is 25.1 Å². The van der Waals surface area contributed by atoms with Crippen LogP contribution in [0.4, 0.5) is 4.39 Å². The number of hydrogen-bond donors (Lipinski definition) is 1. The predicted octanol–water partition coefficient (Wildman–Crippen LogP) is 4.72. The lowest BCUT2D eigenvalue weighted by Crippen LogP contribution is -2.23. The molecule has 0 spiro atoms. The Hall–Kier alpha value is -1.38. The fourth-order valence-corrected chi connectivity index (χ4v) is 2.73. The fraction of sp³-hybridized carbons (Fsp3) is 0.333. The maximum absolute atomic E-state index is 13.6. The van der Waals surface area contributed by atoms with E-state index in [1.807, 2.05) is 6.07 Å². The molecule has 0 aliphatic heterocycles. The van der Waals surface area contributed by atoms with E-state index >= 15 is 0 Å². The Morgan fingerprint density at radius 3 is 2.67 bits per heavy atom. The monoisotopic (exact) mass is 305 g/mol. The molecule has 3 heteroatoms. The van der Waals surface area contributed by atoms with Crippen molar-refractivity contribution in [1.82, 2.24) is 5.32 Å². The van der Waals surface area contributed by atoms with Crippen molar-refractivity contribution in [3.8, 4) is 0 Å². The lowest BCUT2D eigenvalue weighted by atomic mass is 9.91. The number of halogens is 2. The highest BCUT2D eigenvalue weighted by Crippen LogP contribution is 2.27. The van der Waals surface area contributed by atoms with E-state index in [1.54, 1.807) is 6.07 Å². The molecule has 2 aromatic rings. The first kappa shape index (κ1) is 16.0. The molecule has 0 bridgehead atoms. The number of nitrogens with one attached hydrogen (secondary N) is 1. The standard InChI is InChI=1S/C18H21ClFN/c1-3-21-12-16(14-7-4-6-13(2)10-14)11-15-8-5-9-17(20)18(15)19/h4-10,16,21H,3,11-12H2,1-2H3. The summed E-state index contributed by atoms with van der Waals surface area (Å²) >= 11 is 6.09. The van der Waals surface area contributed by atoms with Crippen LogP contribution in [-0.2, 0) is 6.42 Å². The number of likely N-dealkylation sites (N-methyl/N-ethyl adjacent to an activating group) is 1. The summed E-state index contributed by atoms with van der Waals surface area (Å²) in [5.74, 6) is -0.0650. The second-order valence-electron chi connectivity index (χ2n) is 5.34. The number of hydrogen-bond acceptors (Lipinski definition) is 1. The van der Waals surface area contributed by atoms with Crippen LogP contribution in [0.1, 0.15) is 29.5 Å². The van der Waals surface area contributed by atoms with Gasteiger partial charge in [0.25, 0.3) is 0 Å². The summed E-state index contributed by atoms with van der Waals surface area (Å²) in [7, 11) is 0. The van der Waals surface area contributed by atoms with Gasteiger partial charge in [-0.05, 0) is 37.1 Å². The zero-order valence-electron chi connectivity index (χ0n) is 12.5. The van der Waals surface area contributed by atoms with Crippen molar-refractivity contribution in [3.05, 3.63) is 70.0 Å². The molecular formula is C18H21ClFN. The van der Waals surface area contributed by atoms with Crippen LogP contribution in [-0.4, -0.2) is 13.1 Å². The van der Waals surface area contributed by atoms with Crippen LogP contribution >= 0.6 is 11.6 Å². The van der Waals surface area contributed by atoms with Gasteiger partial charge in [0.2, 0.25) is 0 Å². The summed E-state index contributed by atoms with van der Waals surface area (Å²) in [5, 5.41) is 3.63. The van der Waals surface area contributed by atoms with Crippen LogP contribution in [0.25, 0.3) is 0 Å². The van der Waals surface area contributed by atoms with Crippen LogP contribution in [0.3, 0.4) is 0 Å². The molecule has 0 heterocycles. The Morgan fingerprint density at radius 1 is 1.19 bits per heavy atom. The molecule has 0 aliphatic carbocycles. The molecule has 0 fully saturated rings. The first-order valence-corrected chi connectivity index (χ1v) is 7.69. The number of benzene rings is 2. The molecule has 112 valence electrons. The van der Waals surface area contributed by atoms with E-state index in [1.165, 1.54) is 17.2 Å². The van der Waals surface area contributed by atoms with Crippen molar-refractivity contribution in [3.63, 3.8) is 0 Å². The lowest BCUT2D eigenvalue weighted by Gasteiger charge is -2.19. The SMILES string of the molecule is CCNCC(Cc1cccc(F)c1Cl)c1cccc(C)c1. The average molecular weight is 306 g/mol. The lowest BCUT2D eigenvalue weighted by molar-refractivity contribution is 0.588. The zero-order chi connectivity index (χ0) is 15.2. The minimum atomic E-state index is -0.347. The van der Waals surface area contributed by atoms with Crippen molar-refractivity contribution in [2.45, 2.75) is 26.2 Å². The second-order valence-corrected chi connectivity index (χ2v) is 5.71. The van der Waals surface area contributed by atoms with Crippen molar-refractivity contribution in [2.24, 2.45) is 0 Å². The Kier molecular flexibility index (Phi) is 5.77. The number of rotatable bonds is 6. The van der Waals surface area contributed by atoms with Gasteiger partial charge in [0.1, 0.15) is 5.82 Å². The molecule has 0 amide bonds. The highest BCUT2D eigenvalue weighted by Gasteiger charge is 2.15. The third kappa shape index (κ3) is 4.29. The molecule has 21 heavy (non-hydrogen) atoms. The minimum Gasteiger partial charge on any atom is -0.316 e. The van der Waals surface area contributed by atoms with E-state index in [0.29, 0.717) is 0 Å². The van der Waals surface area contributed by atoms with Crippen LogP contribution in [0.15, 0.2) is 42.5 Å². The molecule has 1 atom stereocenters. The molecule has 0 radical (unpaired) electrons. The van der Waals surface area contributed by atoms with E-state index in [2.05, 4.69) is 43.4 Å².